The van der Waals surface area contributed by atoms with Crippen LogP contribution in [0.4, 0.5) is 0 Å². The molecule has 0 radical (unpaired) electrons. The summed E-state index contributed by atoms with van der Waals surface area (Å²) in [5, 5.41) is 0.776. The first-order valence-corrected chi connectivity index (χ1v) is 9.98. The van der Waals surface area contributed by atoms with Gasteiger partial charge in [-0.25, -0.2) is 4.98 Å². The highest BCUT2D eigenvalue weighted by Crippen LogP contribution is 2.35. The van der Waals surface area contributed by atoms with Crippen LogP contribution in [0.1, 0.15) is 11.3 Å². The molecule has 0 aliphatic heterocycles. The number of ether oxygens (including phenoxy) is 4. The number of nitrogens with zero attached hydrogens (tertiary/aromatic N) is 1. The second-order valence-corrected chi connectivity index (χ2v) is 7.55. The molecule has 0 spiro atoms. The monoisotopic (exact) mass is 419 g/mol. The van der Waals surface area contributed by atoms with Gasteiger partial charge in [0.25, 0.3) is 0 Å². The van der Waals surface area contributed by atoms with Crippen molar-refractivity contribution in [3.63, 3.8) is 0 Å². The maximum absolute atomic E-state index is 11.7. The molecular weight excluding hydrogens is 398 g/mol. The third kappa shape index (κ3) is 4.20. The first-order valence-electron chi connectivity index (χ1n) is 8.54. The van der Waals surface area contributed by atoms with E-state index in [1.54, 1.807) is 31.4 Å². The van der Waals surface area contributed by atoms with Gasteiger partial charge in [-0.1, -0.05) is 6.07 Å². The maximum Gasteiger partial charge on any atom is 0.312 e. The van der Waals surface area contributed by atoms with Crippen LogP contribution in [0.3, 0.4) is 0 Å². The lowest BCUT2D eigenvalue weighted by atomic mass is 10.0. The fraction of sp³-hybridized carbons (Fsp3) is 0.250. The van der Waals surface area contributed by atoms with E-state index in [1.807, 2.05) is 6.07 Å². The quantitative estimate of drug-likeness (QED) is 0.583. The van der Waals surface area contributed by atoms with Gasteiger partial charge >= 0.3 is 10.1 Å². The topological polar surface area (TPSA) is 104 Å². The summed E-state index contributed by atoms with van der Waals surface area (Å²) in [6, 6.07) is 10.0. The number of aromatic nitrogens is 1. The van der Waals surface area contributed by atoms with Crippen molar-refractivity contribution in [2.24, 2.45) is 0 Å². The van der Waals surface area contributed by atoms with Crippen molar-refractivity contribution in [2.75, 3.05) is 28.4 Å². The first-order chi connectivity index (χ1) is 13.8. The van der Waals surface area contributed by atoms with Gasteiger partial charge in [-0.15, -0.1) is 0 Å². The molecule has 1 N–H and O–H groups in total. The molecule has 3 aromatic rings. The Morgan fingerprint density at radius 2 is 1.41 bits per heavy atom. The van der Waals surface area contributed by atoms with Crippen LogP contribution >= 0.6 is 0 Å². The highest BCUT2D eigenvalue weighted by atomic mass is 32.2. The number of hydrogen-bond donors (Lipinski definition) is 1. The predicted molar refractivity (Wildman–Crippen MR) is 107 cm³/mol. The normalized spacial score (nSPS) is 11.3. The average Bonchev–Trinajstić information content (AvgIpc) is 2.71. The number of methoxy groups -OCH3 is 4. The molecule has 0 bridgehead atoms. The molecule has 29 heavy (non-hydrogen) atoms. The molecule has 0 aliphatic carbocycles. The Balaban J connectivity index is 2.21. The fourth-order valence-electron chi connectivity index (χ4n) is 3.07. The van der Waals surface area contributed by atoms with Crippen molar-refractivity contribution in [3.8, 4) is 23.0 Å². The lowest BCUT2D eigenvalue weighted by Crippen LogP contribution is -2.06. The van der Waals surface area contributed by atoms with Crippen LogP contribution in [0.15, 0.2) is 41.4 Å². The molecule has 0 unspecified atom stereocenters. The molecule has 2 aromatic carbocycles. The molecule has 3 rings (SSSR count). The number of rotatable bonds is 7. The van der Waals surface area contributed by atoms with E-state index in [0.717, 1.165) is 5.56 Å². The molecule has 0 amide bonds. The molecule has 154 valence electrons. The van der Waals surface area contributed by atoms with Crippen molar-refractivity contribution in [1.29, 1.82) is 0 Å². The van der Waals surface area contributed by atoms with Gasteiger partial charge in [0, 0.05) is 11.8 Å². The molecule has 1 heterocycles. The Morgan fingerprint density at radius 3 is 2.00 bits per heavy atom. The third-order valence-corrected chi connectivity index (χ3v) is 5.21. The largest absolute Gasteiger partial charge is 0.493 e. The predicted octanol–water partition coefficient (Wildman–Crippen LogP) is 3.11. The standard InChI is InChI=1S/C20H21NO7S/c1-25-16-6-5-12(8-17(16)26-2)7-15-14-11-19(28-4)18(27-3)9-13(14)10-20(21-15)29(22,23)24/h5-6,8-11H,7H2,1-4H3,(H,22,23,24). The summed E-state index contributed by atoms with van der Waals surface area (Å²) in [6.45, 7) is 0. The summed E-state index contributed by atoms with van der Waals surface area (Å²) >= 11 is 0. The number of fused-ring (bicyclic) bond motifs is 1. The molecule has 0 saturated carbocycles. The molecular formula is C20H21NO7S. The van der Waals surface area contributed by atoms with Gasteiger partial charge in [0.2, 0.25) is 0 Å². The van der Waals surface area contributed by atoms with Crippen molar-refractivity contribution in [2.45, 2.75) is 11.4 Å². The highest BCUT2D eigenvalue weighted by Gasteiger charge is 2.18. The SMILES string of the molecule is COc1ccc(Cc2nc(S(=O)(=O)O)cc3cc(OC)c(OC)cc23)cc1OC. The van der Waals surface area contributed by atoms with E-state index in [1.165, 1.54) is 27.4 Å². The number of hydrogen-bond acceptors (Lipinski definition) is 7. The lowest BCUT2D eigenvalue weighted by Gasteiger charge is -2.14. The molecule has 9 heteroatoms. The van der Waals surface area contributed by atoms with Gasteiger partial charge in [-0.3, -0.25) is 4.55 Å². The Labute approximate surface area is 168 Å². The van der Waals surface area contributed by atoms with Crippen molar-refractivity contribution in [3.05, 3.63) is 47.7 Å². The van der Waals surface area contributed by atoms with E-state index >= 15 is 0 Å². The Bertz CT molecular complexity index is 1160. The van der Waals surface area contributed by atoms with E-state index < -0.39 is 15.1 Å². The van der Waals surface area contributed by atoms with E-state index in [0.29, 0.717) is 39.5 Å². The van der Waals surface area contributed by atoms with E-state index in [4.69, 9.17) is 18.9 Å². The highest BCUT2D eigenvalue weighted by molar-refractivity contribution is 7.85. The van der Waals surface area contributed by atoms with Gasteiger partial charge in [0.1, 0.15) is 0 Å². The smallest absolute Gasteiger partial charge is 0.312 e. The maximum atomic E-state index is 11.7. The Hall–Kier alpha value is -3.04. The summed E-state index contributed by atoms with van der Waals surface area (Å²) < 4.78 is 54.3. The van der Waals surface area contributed by atoms with Crippen molar-refractivity contribution >= 4 is 20.9 Å². The van der Waals surface area contributed by atoms with Gasteiger partial charge < -0.3 is 18.9 Å². The number of pyridine rings is 1. The second-order valence-electron chi connectivity index (χ2n) is 6.18. The Morgan fingerprint density at radius 1 is 0.828 bits per heavy atom. The van der Waals surface area contributed by atoms with E-state index in [2.05, 4.69) is 4.98 Å². The first kappa shape index (κ1) is 20.7. The third-order valence-electron chi connectivity index (χ3n) is 4.47. The van der Waals surface area contributed by atoms with Crippen LogP contribution in [0.25, 0.3) is 10.8 Å². The van der Waals surface area contributed by atoms with Crippen LogP contribution in [0, 0.1) is 0 Å². The van der Waals surface area contributed by atoms with Crippen molar-refractivity contribution in [1.82, 2.24) is 4.98 Å². The van der Waals surface area contributed by atoms with Gasteiger partial charge in [0.15, 0.2) is 28.0 Å². The zero-order valence-electron chi connectivity index (χ0n) is 16.4. The minimum absolute atomic E-state index is 0.287. The van der Waals surface area contributed by atoms with E-state index in [-0.39, 0.29) is 6.42 Å². The minimum atomic E-state index is -4.50. The molecule has 0 saturated heterocycles. The summed E-state index contributed by atoms with van der Waals surface area (Å²) in [5.41, 5.74) is 1.27. The summed E-state index contributed by atoms with van der Waals surface area (Å²) in [5.74, 6) is 2.03. The minimum Gasteiger partial charge on any atom is -0.493 e. The van der Waals surface area contributed by atoms with Crippen LogP contribution in [0.5, 0.6) is 23.0 Å². The molecule has 1 aromatic heterocycles. The van der Waals surface area contributed by atoms with Crippen molar-refractivity contribution < 1.29 is 31.9 Å². The van der Waals surface area contributed by atoms with E-state index in [9.17, 15) is 13.0 Å². The molecule has 8 nitrogen and oxygen atoms in total. The van der Waals surface area contributed by atoms with Crippen LogP contribution in [0.2, 0.25) is 0 Å². The van der Waals surface area contributed by atoms with Gasteiger partial charge in [-0.05, 0) is 41.3 Å². The summed E-state index contributed by atoms with van der Waals surface area (Å²) in [4.78, 5) is 4.19. The Kier molecular flexibility index (Phi) is 5.81. The fourth-order valence-corrected chi connectivity index (χ4v) is 3.57. The zero-order valence-corrected chi connectivity index (χ0v) is 17.2. The second kappa shape index (κ2) is 8.14. The summed E-state index contributed by atoms with van der Waals surface area (Å²) in [7, 11) is 1.58. The molecule has 0 aliphatic rings. The van der Waals surface area contributed by atoms with Crippen LogP contribution in [-0.2, 0) is 16.5 Å². The average molecular weight is 419 g/mol. The van der Waals surface area contributed by atoms with Gasteiger partial charge in [0.05, 0.1) is 34.1 Å². The van der Waals surface area contributed by atoms with Crippen LogP contribution < -0.4 is 18.9 Å². The summed E-state index contributed by atoms with van der Waals surface area (Å²) in [6.07, 6.45) is 0.287. The lowest BCUT2D eigenvalue weighted by molar-refractivity contribution is 0.354. The molecule has 0 atom stereocenters. The van der Waals surface area contributed by atoms with Gasteiger partial charge in [-0.2, -0.15) is 8.42 Å². The van der Waals surface area contributed by atoms with Crippen LogP contribution in [-0.4, -0.2) is 46.4 Å². The zero-order chi connectivity index (χ0) is 21.2. The number of benzene rings is 2. The molecule has 0 fully saturated rings.